The Labute approximate surface area is 86.7 Å². The molecule has 0 radical (unpaired) electrons. The Kier molecular flexibility index (Phi) is 3.38. The first-order valence-electron chi connectivity index (χ1n) is 4.42. The van der Waals surface area contributed by atoms with Gasteiger partial charge in [0.1, 0.15) is 6.54 Å². The normalized spacial score (nSPS) is 9.73. The summed E-state index contributed by atoms with van der Waals surface area (Å²) in [6.45, 7) is 3.43. The molecule has 0 bridgehead atoms. The molecule has 5 heteroatoms. The lowest BCUT2D eigenvalue weighted by molar-refractivity contribution is -0.137. The second-order valence-corrected chi connectivity index (χ2v) is 3.40. The third-order valence-electron chi connectivity index (χ3n) is 1.64. The highest BCUT2D eigenvalue weighted by Crippen LogP contribution is 1.99. The van der Waals surface area contributed by atoms with E-state index in [1.807, 2.05) is 13.8 Å². The zero-order valence-corrected chi connectivity index (χ0v) is 8.60. The van der Waals surface area contributed by atoms with E-state index in [2.05, 4.69) is 4.98 Å². The smallest absolute Gasteiger partial charge is 0.323 e. The Morgan fingerprint density at radius 3 is 2.73 bits per heavy atom. The standard InChI is InChI=1S/C10H12N2O3/c1-7(2)3-8-4-9(13)12(6-11-8)5-10(14)15/h3-4,6H,5H2,1-2H3,(H,14,15). The highest BCUT2D eigenvalue weighted by atomic mass is 16.4. The molecule has 0 saturated carbocycles. The van der Waals surface area contributed by atoms with E-state index < -0.39 is 5.97 Å². The van der Waals surface area contributed by atoms with E-state index in [0.29, 0.717) is 5.69 Å². The molecule has 1 aromatic rings. The molecular weight excluding hydrogens is 196 g/mol. The van der Waals surface area contributed by atoms with Crippen molar-refractivity contribution in [3.05, 3.63) is 34.0 Å². The van der Waals surface area contributed by atoms with E-state index in [4.69, 9.17) is 5.11 Å². The molecular formula is C10H12N2O3. The van der Waals surface area contributed by atoms with Gasteiger partial charge in [-0.2, -0.15) is 0 Å². The lowest BCUT2D eigenvalue weighted by Gasteiger charge is -2.01. The highest BCUT2D eigenvalue weighted by molar-refractivity contribution is 5.66. The summed E-state index contributed by atoms with van der Waals surface area (Å²) >= 11 is 0. The van der Waals surface area contributed by atoms with Gasteiger partial charge in [0.25, 0.3) is 5.56 Å². The number of aliphatic carboxylic acids is 1. The lowest BCUT2D eigenvalue weighted by atomic mass is 10.2. The van der Waals surface area contributed by atoms with Crippen LogP contribution in [0.25, 0.3) is 6.08 Å². The first kappa shape index (κ1) is 11.2. The molecule has 5 nitrogen and oxygen atoms in total. The predicted octanol–water partition coefficient (Wildman–Crippen LogP) is 0.751. The minimum absolute atomic E-state index is 0.360. The largest absolute Gasteiger partial charge is 0.480 e. The minimum Gasteiger partial charge on any atom is -0.480 e. The maximum atomic E-state index is 11.4. The number of rotatable bonds is 3. The lowest BCUT2D eigenvalue weighted by Crippen LogP contribution is -2.23. The number of nitrogens with zero attached hydrogens (tertiary/aromatic N) is 2. The van der Waals surface area contributed by atoms with E-state index in [1.165, 1.54) is 12.4 Å². The zero-order chi connectivity index (χ0) is 11.4. The summed E-state index contributed by atoms with van der Waals surface area (Å²) in [5.74, 6) is -1.06. The average molecular weight is 208 g/mol. The molecule has 1 aromatic heterocycles. The van der Waals surface area contributed by atoms with Gasteiger partial charge in [-0.15, -0.1) is 0 Å². The molecule has 0 fully saturated rings. The Morgan fingerprint density at radius 1 is 1.60 bits per heavy atom. The van der Waals surface area contributed by atoms with Gasteiger partial charge in [-0.05, 0) is 19.9 Å². The summed E-state index contributed by atoms with van der Waals surface area (Å²) in [6, 6.07) is 1.32. The quantitative estimate of drug-likeness (QED) is 0.795. The van der Waals surface area contributed by atoms with E-state index in [0.717, 1.165) is 10.1 Å². The molecule has 0 aliphatic heterocycles. The maximum Gasteiger partial charge on any atom is 0.323 e. The summed E-state index contributed by atoms with van der Waals surface area (Å²) in [4.78, 5) is 25.7. The molecule has 0 unspecified atom stereocenters. The van der Waals surface area contributed by atoms with Crippen LogP contribution in [0.5, 0.6) is 0 Å². The second-order valence-electron chi connectivity index (χ2n) is 3.40. The van der Waals surface area contributed by atoms with Crippen molar-refractivity contribution >= 4 is 12.0 Å². The van der Waals surface area contributed by atoms with Gasteiger partial charge in [-0.25, -0.2) is 4.98 Å². The third-order valence-corrected chi connectivity index (χ3v) is 1.64. The van der Waals surface area contributed by atoms with E-state index >= 15 is 0 Å². The van der Waals surface area contributed by atoms with Crippen molar-refractivity contribution < 1.29 is 9.90 Å². The van der Waals surface area contributed by atoms with Crippen molar-refractivity contribution in [1.82, 2.24) is 9.55 Å². The predicted molar refractivity (Wildman–Crippen MR) is 55.5 cm³/mol. The van der Waals surface area contributed by atoms with Gasteiger partial charge in [-0.3, -0.25) is 14.2 Å². The molecule has 1 N–H and O–H groups in total. The number of allylic oxidation sites excluding steroid dienone is 1. The zero-order valence-electron chi connectivity index (χ0n) is 8.60. The number of carbonyl (C=O) groups is 1. The molecule has 15 heavy (non-hydrogen) atoms. The molecule has 0 aliphatic carbocycles. The van der Waals surface area contributed by atoms with Crippen LogP contribution in [0.2, 0.25) is 0 Å². The van der Waals surface area contributed by atoms with Gasteiger partial charge in [0, 0.05) is 6.07 Å². The number of carboxylic acids is 1. The van der Waals surface area contributed by atoms with Gasteiger partial charge in [0.2, 0.25) is 0 Å². The fourth-order valence-electron chi connectivity index (χ4n) is 1.08. The Balaban J connectivity index is 3.04. The molecule has 1 heterocycles. The van der Waals surface area contributed by atoms with Crippen LogP contribution < -0.4 is 5.56 Å². The third kappa shape index (κ3) is 3.38. The Hall–Kier alpha value is -1.91. The van der Waals surface area contributed by atoms with Crippen LogP contribution >= 0.6 is 0 Å². The molecule has 0 amide bonds. The van der Waals surface area contributed by atoms with Crippen molar-refractivity contribution in [2.45, 2.75) is 20.4 Å². The topological polar surface area (TPSA) is 72.2 Å². The van der Waals surface area contributed by atoms with Crippen molar-refractivity contribution in [3.63, 3.8) is 0 Å². The van der Waals surface area contributed by atoms with Gasteiger partial charge in [0.05, 0.1) is 12.0 Å². The van der Waals surface area contributed by atoms with Crippen LogP contribution in [0.15, 0.2) is 22.8 Å². The molecule has 1 rings (SSSR count). The van der Waals surface area contributed by atoms with Gasteiger partial charge in [0.15, 0.2) is 0 Å². The number of hydrogen-bond acceptors (Lipinski definition) is 3. The Bertz CT molecular complexity index is 456. The first-order valence-corrected chi connectivity index (χ1v) is 4.42. The molecule has 80 valence electrons. The molecule has 0 spiro atoms. The summed E-state index contributed by atoms with van der Waals surface area (Å²) in [5.41, 5.74) is 1.21. The minimum atomic E-state index is -1.06. The monoisotopic (exact) mass is 208 g/mol. The second kappa shape index (κ2) is 4.54. The molecule has 0 atom stereocenters. The van der Waals surface area contributed by atoms with Crippen LogP contribution in [0.4, 0.5) is 0 Å². The summed E-state index contributed by atoms with van der Waals surface area (Å²) < 4.78 is 1.05. The number of carboxylic acid groups (broad SMARTS) is 1. The van der Waals surface area contributed by atoms with Crippen molar-refractivity contribution in [2.24, 2.45) is 0 Å². The molecule has 0 saturated heterocycles. The van der Waals surface area contributed by atoms with E-state index in [-0.39, 0.29) is 12.1 Å². The maximum absolute atomic E-state index is 11.4. The van der Waals surface area contributed by atoms with Crippen LogP contribution in [0.1, 0.15) is 19.5 Å². The molecule has 0 aromatic carbocycles. The van der Waals surface area contributed by atoms with Gasteiger partial charge < -0.3 is 5.11 Å². The number of aromatic nitrogens is 2. The fraction of sp³-hybridized carbons (Fsp3) is 0.300. The van der Waals surface area contributed by atoms with Crippen molar-refractivity contribution in [1.29, 1.82) is 0 Å². The van der Waals surface area contributed by atoms with Crippen LogP contribution in [-0.4, -0.2) is 20.6 Å². The average Bonchev–Trinajstić information content (AvgIpc) is 2.08. The van der Waals surface area contributed by atoms with Crippen LogP contribution in [0, 0.1) is 0 Å². The van der Waals surface area contributed by atoms with Gasteiger partial charge in [-0.1, -0.05) is 5.57 Å². The van der Waals surface area contributed by atoms with Crippen LogP contribution in [-0.2, 0) is 11.3 Å². The van der Waals surface area contributed by atoms with E-state index in [1.54, 1.807) is 6.08 Å². The Morgan fingerprint density at radius 2 is 2.27 bits per heavy atom. The first-order chi connectivity index (χ1) is 6.99. The van der Waals surface area contributed by atoms with Crippen molar-refractivity contribution in [2.75, 3.05) is 0 Å². The van der Waals surface area contributed by atoms with Crippen LogP contribution in [0.3, 0.4) is 0 Å². The van der Waals surface area contributed by atoms with Crippen molar-refractivity contribution in [3.8, 4) is 0 Å². The highest BCUT2D eigenvalue weighted by Gasteiger charge is 2.02. The van der Waals surface area contributed by atoms with E-state index in [9.17, 15) is 9.59 Å². The summed E-state index contributed by atoms with van der Waals surface area (Å²) in [6.07, 6.45) is 3.00. The SMILES string of the molecule is CC(C)=Cc1cc(=O)n(CC(=O)O)cn1. The van der Waals surface area contributed by atoms with Gasteiger partial charge >= 0.3 is 5.97 Å². The fourth-order valence-corrected chi connectivity index (χ4v) is 1.08. The molecule has 0 aliphatic rings. The summed E-state index contributed by atoms with van der Waals surface area (Å²) in [7, 11) is 0. The number of hydrogen-bond donors (Lipinski definition) is 1. The summed E-state index contributed by atoms with van der Waals surface area (Å²) in [5, 5.41) is 8.51.